The zero-order valence-electron chi connectivity index (χ0n) is 12.3. The van der Waals surface area contributed by atoms with Crippen molar-refractivity contribution in [2.24, 2.45) is 0 Å². The first kappa shape index (κ1) is 17.3. The Hall–Kier alpha value is -0.480. The second-order valence-corrected chi connectivity index (χ2v) is 9.78. The molecule has 1 atom stereocenters. The van der Waals surface area contributed by atoms with E-state index >= 15 is 0 Å². The van der Waals surface area contributed by atoms with Gasteiger partial charge >= 0.3 is 0 Å². The minimum atomic E-state index is -3.53. The summed E-state index contributed by atoms with van der Waals surface area (Å²) in [4.78, 5) is 3.41. The number of hydrogen-bond donors (Lipinski definition) is 1. The lowest BCUT2D eigenvalue weighted by Crippen LogP contribution is -2.43. The number of rotatable bonds is 6. The fourth-order valence-corrected chi connectivity index (χ4v) is 5.91. The molecule has 3 rings (SSSR count). The zero-order chi connectivity index (χ0) is 16.3. The number of hydrogen-bond acceptors (Lipinski definition) is 6. The molecule has 2 aromatic rings. The summed E-state index contributed by atoms with van der Waals surface area (Å²) in [5.41, 5.74) is 0. The molecule has 1 aliphatic rings. The molecule has 0 aromatic carbocycles. The normalized spacial score (nSPS) is 18.1. The molecule has 126 valence electrons. The average molecular weight is 393 g/mol. The first-order chi connectivity index (χ1) is 11.1. The van der Waals surface area contributed by atoms with Crippen LogP contribution >= 0.6 is 34.3 Å². The Labute approximate surface area is 148 Å². The number of ether oxygens (including phenoxy) is 1. The molecular weight excluding hydrogens is 376 g/mol. The third-order valence-electron chi connectivity index (χ3n) is 3.64. The van der Waals surface area contributed by atoms with Crippen LogP contribution in [0.5, 0.6) is 0 Å². The standard InChI is InChI=1S/C14H17ClN2O3S3/c15-13-3-4-14(22-13)23(18,19)16-10-11(12-2-1-9-21-12)17-5-7-20-8-6-17/h1-4,9,11,16H,5-8,10H2/t11-/m0/s1. The van der Waals surface area contributed by atoms with Crippen molar-refractivity contribution in [3.8, 4) is 0 Å². The van der Waals surface area contributed by atoms with Gasteiger partial charge in [0.05, 0.1) is 23.6 Å². The van der Waals surface area contributed by atoms with Crippen LogP contribution in [0.1, 0.15) is 10.9 Å². The molecule has 23 heavy (non-hydrogen) atoms. The summed E-state index contributed by atoms with van der Waals surface area (Å²) in [5, 5.41) is 2.01. The van der Waals surface area contributed by atoms with Crippen molar-refractivity contribution in [1.29, 1.82) is 0 Å². The van der Waals surface area contributed by atoms with Crippen LogP contribution in [0.2, 0.25) is 4.34 Å². The Morgan fingerprint density at radius 1 is 1.30 bits per heavy atom. The van der Waals surface area contributed by atoms with Gasteiger partial charge in [0.1, 0.15) is 4.21 Å². The van der Waals surface area contributed by atoms with Gasteiger partial charge in [-0.05, 0) is 23.6 Å². The number of nitrogens with one attached hydrogen (secondary N) is 1. The number of thiophene rings is 2. The summed E-state index contributed by atoms with van der Waals surface area (Å²) in [7, 11) is -3.53. The molecule has 0 spiro atoms. The van der Waals surface area contributed by atoms with Gasteiger partial charge in [0.25, 0.3) is 0 Å². The maximum Gasteiger partial charge on any atom is 0.250 e. The molecule has 5 nitrogen and oxygen atoms in total. The minimum Gasteiger partial charge on any atom is -0.379 e. The Bertz CT molecular complexity index is 724. The first-order valence-corrected chi connectivity index (χ1v) is 10.7. The summed E-state index contributed by atoms with van der Waals surface area (Å²) in [5.74, 6) is 0. The highest BCUT2D eigenvalue weighted by Gasteiger charge is 2.26. The van der Waals surface area contributed by atoms with E-state index in [0.717, 1.165) is 29.3 Å². The van der Waals surface area contributed by atoms with Gasteiger partial charge in [0, 0.05) is 24.5 Å². The second-order valence-electron chi connectivity index (χ2n) is 5.09. The van der Waals surface area contributed by atoms with E-state index in [2.05, 4.69) is 9.62 Å². The van der Waals surface area contributed by atoms with Crippen LogP contribution < -0.4 is 4.72 Å². The van der Waals surface area contributed by atoms with Gasteiger partial charge in [0.15, 0.2) is 0 Å². The van der Waals surface area contributed by atoms with E-state index in [0.29, 0.717) is 24.1 Å². The molecule has 0 aliphatic carbocycles. The van der Waals surface area contributed by atoms with Gasteiger partial charge in [-0.25, -0.2) is 13.1 Å². The molecule has 2 aromatic heterocycles. The third-order valence-corrected chi connectivity index (χ3v) is 7.76. The summed E-state index contributed by atoms with van der Waals surface area (Å²) in [6.07, 6.45) is 0. The SMILES string of the molecule is O=S(=O)(NC[C@@H](c1cccs1)N1CCOCC1)c1ccc(Cl)s1. The highest BCUT2D eigenvalue weighted by atomic mass is 35.5. The van der Waals surface area contributed by atoms with E-state index in [9.17, 15) is 8.42 Å². The summed E-state index contributed by atoms with van der Waals surface area (Å²) < 4.78 is 33.6. The van der Waals surface area contributed by atoms with E-state index in [1.165, 1.54) is 6.07 Å². The second kappa shape index (κ2) is 7.60. The van der Waals surface area contributed by atoms with Crippen LogP contribution in [-0.4, -0.2) is 46.2 Å². The first-order valence-electron chi connectivity index (χ1n) is 7.16. The number of sulfonamides is 1. The molecular formula is C14H17ClN2O3S3. The molecule has 1 N–H and O–H groups in total. The fourth-order valence-electron chi connectivity index (χ4n) is 2.48. The Balaban J connectivity index is 1.73. The van der Waals surface area contributed by atoms with Crippen molar-refractivity contribution in [3.63, 3.8) is 0 Å². The molecule has 9 heteroatoms. The summed E-state index contributed by atoms with van der Waals surface area (Å²) in [6.45, 7) is 3.28. The zero-order valence-corrected chi connectivity index (χ0v) is 15.5. The van der Waals surface area contributed by atoms with Crippen molar-refractivity contribution in [2.75, 3.05) is 32.8 Å². The molecule has 0 bridgehead atoms. The van der Waals surface area contributed by atoms with Crippen LogP contribution in [-0.2, 0) is 14.8 Å². The van der Waals surface area contributed by atoms with E-state index in [1.54, 1.807) is 17.4 Å². The molecule has 1 saturated heterocycles. The van der Waals surface area contributed by atoms with Gasteiger partial charge in [-0.15, -0.1) is 22.7 Å². The Kier molecular flexibility index (Phi) is 5.74. The van der Waals surface area contributed by atoms with Crippen molar-refractivity contribution in [3.05, 3.63) is 38.9 Å². The highest BCUT2D eigenvalue weighted by molar-refractivity contribution is 7.91. The van der Waals surface area contributed by atoms with E-state index in [-0.39, 0.29) is 10.3 Å². The number of halogens is 1. The lowest BCUT2D eigenvalue weighted by atomic mass is 10.2. The van der Waals surface area contributed by atoms with Gasteiger partial charge in [-0.2, -0.15) is 0 Å². The molecule has 0 unspecified atom stereocenters. The van der Waals surface area contributed by atoms with Gasteiger partial charge in [-0.3, -0.25) is 4.90 Å². The summed E-state index contributed by atoms with van der Waals surface area (Å²) in [6, 6.07) is 7.18. The average Bonchev–Trinajstić information content (AvgIpc) is 3.20. The van der Waals surface area contributed by atoms with E-state index in [4.69, 9.17) is 16.3 Å². The monoisotopic (exact) mass is 392 g/mol. The van der Waals surface area contributed by atoms with Gasteiger partial charge in [0.2, 0.25) is 10.0 Å². The largest absolute Gasteiger partial charge is 0.379 e. The predicted octanol–water partition coefficient (Wildman–Crippen LogP) is 2.81. The predicted molar refractivity (Wildman–Crippen MR) is 94.0 cm³/mol. The van der Waals surface area contributed by atoms with Gasteiger partial charge < -0.3 is 4.74 Å². The Morgan fingerprint density at radius 3 is 2.70 bits per heavy atom. The maximum absolute atomic E-state index is 12.4. The third kappa shape index (κ3) is 4.33. The van der Waals surface area contributed by atoms with Crippen LogP contribution in [0, 0.1) is 0 Å². The molecule has 3 heterocycles. The van der Waals surface area contributed by atoms with Crippen LogP contribution in [0.4, 0.5) is 0 Å². The topological polar surface area (TPSA) is 58.6 Å². The van der Waals surface area contributed by atoms with E-state index < -0.39 is 10.0 Å². The molecule has 1 aliphatic heterocycles. The maximum atomic E-state index is 12.4. The summed E-state index contributed by atoms with van der Waals surface area (Å²) >= 11 is 8.54. The fraction of sp³-hybridized carbons (Fsp3) is 0.429. The minimum absolute atomic E-state index is 0.0177. The molecule has 0 amide bonds. The number of morpholine rings is 1. The molecule has 1 fully saturated rings. The Morgan fingerprint density at radius 2 is 2.09 bits per heavy atom. The van der Waals surface area contributed by atoms with Crippen LogP contribution in [0.25, 0.3) is 0 Å². The quantitative estimate of drug-likeness (QED) is 0.821. The smallest absolute Gasteiger partial charge is 0.250 e. The van der Waals surface area contributed by atoms with Crippen molar-refractivity contribution in [2.45, 2.75) is 10.3 Å². The van der Waals surface area contributed by atoms with Crippen molar-refractivity contribution in [1.82, 2.24) is 9.62 Å². The molecule has 0 saturated carbocycles. The van der Waals surface area contributed by atoms with E-state index in [1.807, 2.05) is 17.5 Å². The lowest BCUT2D eigenvalue weighted by Gasteiger charge is -2.34. The van der Waals surface area contributed by atoms with Crippen molar-refractivity contribution >= 4 is 44.3 Å². The van der Waals surface area contributed by atoms with Gasteiger partial charge in [-0.1, -0.05) is 17.7 Å². The molecule has 0 radical (unpaired) electrons. The van der Waals surface area contributed by atoms with Crippen LogP contribution in [0.3, 0.4) is 0 Å². The lowest BCUT2D eigenvalue weighted by molar-refractivity contribution is 0.0179. The highest BCUT2D eigenvalue weighted by Crippen LogP contribution is 2.28. The van der Waals surface area contributed by atoms with Crippen LogP contribution in [0.15, 0.2) is 33.9 Å². The number of nitrogens with zero attached hydrogens (tertiary/aromatic N) is 1. The van der Waals surface area contributed by atoms with Crippen molar-refractivity contribution < 1.29 is 13.2 Å².